The van der Waals surface area contributed by atoms with E-state index in [0.717, 1.165) is 10.9 Å². The zero-order chi connectivity index (χ0) is 24.4. The van der Waals surface area contributed by atoms with E-state index in [0.29, 0.717) is 35.7 Å². The number of carbonyl (C=O) groups excluding carboxylic acids is 1. The molecule has 0 spiro atoms. The van der Waals surface area contributed by atoms with Crippen LogP contribution in [0.1, 0.15) is 15.9 Å². The predicted molar refractivity (Wildman–Crippen MR) is 132 cm³/mol. The van der Waals surface area contributed by atoms with Gasteiger partial charge in [-0.2, -0.15) is 4.31 Å². The number of rotatable bonds is 5. The molecule has 1 fully saturated rings. The number of nitrogens with zero attached hydrogens (tertiary/aromatic N) is 4. The van der Waals surface area contributed by atoms with Crippen molar-refractivity contribution in [2.75, 3.05) is 26.2 Å². The molecule has 0 atom stereocenters. The van der Waals surface area contributed by atoms with E-state index < -0.39 is 10.0 Å². The van der Waals surface area contributed by atoms with Gasteiger partial charge in [-0.15, -0.1) is 0 Å². The van der Waals surface area contributed by atoms with Crippen molar-refractivity contribution in [3.63, 3.8) is 0 Å². The Morgan fingerprint density at radius 2 is 1.69 bits per heavy atom. The van der Waals surface area contributed by atoms with Crippen molar-refractivity contribution in [2.24, 2.45) is 0 Å². The molecule has 0 radical (unpaired) electrons. The smallest absolute Gasteiger partial charge is 0.253 e. The normalized spacial score (nSPS) is 14.7. The van der Waals surface area contributed by atoms with Crippen molar-refractivity contribution in [1.82, 2.24) is 19.2 Å². The fourth-order valence-electron chi connectivity index (χ4n) is 4.11. The molecule has 1 aliphatic rings. The maximum atomic E-state index is 13.4. The Morgan fingerprint density at radius 3 is 2.40 bits per heavy atom. The van der Waals surface area contributed by atoms with Gasteiger partial charge >= 0.3 is 0 Å². The number of carbonyl (C=O) groups is 1. The highest BCUT2D eigenvalue weighted by molar-refractivity contribution is 7.89. The van der Waals surface area contributed by atoms with Crippen LogP contribution in [0.5, 0.6) is 11.5 Å². The van der Waals surface area contributed by atoms with Crippen LogP contribution >= 0.6 is 0 Å². The van der Waals surface area contributed by atoms with Gasteiger partial charge in [0.15, 0.2) is 0 Å². The second kappa shape index (κ2) is 9.44. The van der Waals surface area contributed by atoms with E-state index in [1.165, 1.54) is 4.31 Å². The molecule has 1 saturated heterocycles. The summed E-state index contributed by atoms with van der Waals surface area (Å²) >= 11 is 0. The van der Waals surface area contributed by atoms with Gasteiger partial charge in [-0.1, -0.05) is 12.1 Å². The molecule has 1 aliphatic heterocycles. The molecule has 5 rings (SSSR count). The number of amides is 1. The summed E-state index contributed by atoms with van der Waals surface area (Å²) in [5.41, 5.74) is 1.95. The van der Waals surface area contributed by atoms with Gasteiger partial charge in [-0.25, -0.2) is 8.42 Å². The second-order valence-electron chi connectivity index (χ2n) is 8.35. The zero-order valence-corrected chi connectivity index (χ0v) is 20.0. The summed E-state index contributed by atoms with van der Waals surface area (Å²) in [5.74, 6) is 1.07. The molecule has 0 bridgehead atoms. The third-order valence-electron chi connectivity index (χ3n) is 5.93. The van der Waals surface area contributed by atoms with E-state index in [1.807, 2.05) is 19.1 Å². The number of aryl methyl sites for hydroxylation is 1. The second-order valence-corrected chi connectivity index (χ2v) is 10.3. The average Bonchev–Trinajstić information content (AvgIpc) is 2.89. The standard InChI is InChI=1S/C26H24N4O4S/c1-19-16-21-4-2-6-24(25(21)28-17-19)35(32,33)30-14-12-29(13-15-30)26(31)20-7-9-22(10-8-20)34-23-5-3-11-27-18-23/h2-11,16-18H,12-15H2,1H3. The van der Waals surface area contributed by atoms with E-state index in [-0.39, 0.29) is 23.9 Å². The van der Waals surface area contributed by atoms with E-state index in [2.05, 4.69) is 9.97 Å². The first-order valence-electron chi connectivity index (χ1n) is 11.2. The number of para-hydroxylation sites is 1. The Morgan fingerprint density at radius 1 is 0.914 bits per heavy atom. The average molecular weight is 489 g/mol. The number of pyridine rings is 2. The summed E-state index contributed by atoms with van der Waals surface area (Å²) in [4.78, 5) is 23.3. The molecule has 0 unspecified atom stereocenters. The molecular formula is C26H24N4O4S. The first kappa shape index (κ1) is 22.9. The van der Waals surface area contributed by atoms with E-state index in [4.69, 9.17) is 4.74 Å². The molecular weight excluding hydrogens is 464 g/mol. The molecule has 178 valence electrons. The summed E-state index contributed by atoms with van der Waals surface area (Å²) < 4.78 is 33.9. The molecule has 4 aromatic rings. The van der Waals surface area contributed by atoms with Gasteiger partial charge in [-0.05, 0) is 61.0 Å². The van der Waals surface area contributed by atoms with Crippen LogP contribution < -0.4 is 4.74 Å². The fraction of sp³-hybridized carbons (Fsp3) is 0.192. The Labute approximate surface area is 203 Å². The first-order chi connectivity index (χ1) is 16.9. The molecule has 8 nitrogen and oxygen atoms in total. The molecule has 2 aromatic heterocycles. The monoisotopic (exact) mass is 488 g/mol. The maximum absolute atomic E-state index is 13.4. The molecule has 0 N–H and O–H groups in total. The third-order valence-corrected chi connectivity index (χ3v) is 7.86. The fourth-order valence-corrected chi connectivity index (χ4v) is 5.70. The van der Waals surface area contributed by atoms with Crippen molar-refractivity contribution >= 4 is 26.8 Å². The lowest BCUT2D eigenvalue weighted by molar-refractivity contribution is 0.0698. The van der Waals surface area contributed by atoms with Crippen molar-refractivity contribution in [3.8, 4) is 11.5 Å². The van der Waals surface area contributed by atoms with Crippen LogP contribution in [-0.2, 0) is 10.0 Å². The number of sulfonamides is 1. The highest BCUT2D eigenvalue weighted by Crippen LogP contribution is 2.26. The maximum Gasteiger partial charge on any atom is 0.253 e. The highest BCUT2D eigenvalue weighted by atomic mass is 32.2. The van der Waals surface area contributed by atoms with Crippen LogP contribution in [-0.4, -0.2) is 59.7 Å². The number of piperazine rings is 1. The molecule has 2 aromatic carbocycles. The molecule has 1 amide bonds. The Balaban J connectivity index is 1.26. The summed E-state index contributed by atoms with van der Waals surface area (Å²) in [5, 5.41) is 0.788. The largest absolute Gasteiger partial charge is 0.456 e. The SMILES string of the molecule is Cc1cnc2c(S(=O)(=O)N3CCN(C(=O)c4ccc(Oc5cccnc5)cc4)CC3)cccc2c1. The van der Waals surface area contributed by atoms with Crippen LogP contribution in [0.3, 0.4) is 0 Å². The van der Waals surface area contributed by atoms with Gasteiger partial charge < -0.3 is 9.64 Å². The Hall–Kier alpha value is -3.82. The van der Waals surface area contributed by atoms with Gasteiger partial charge in [-0.3, -0.25) is 14.8 Å². The predicted octanol–water partition coefficient (Wildman–Crippen LogP) is 3.88. The van der Waals surface area contributed by atoms with Crippen LogP contribution in [0.2, 0.25) is 0 Å². The molecule has 0 saturated carbocycles. The lowest BCUT2D eigenvalue weighted by Crippen LogP contribution is -2.50. The van der Waals surface area contributed by atoms with E-state index in [9.17, 15) is 13.2 Å². The molecule has 35 heavy (non-hydrogen) atoms. The minimum absolute atomic E-state index is 0.141. The van der Waals surface area contributed by atoms with E-state index >= 15 is 0 Å². The number of ether oxygens (including phenoxy) is 1. The van der Waals surface area contributed by atoms with Gasteiger partial charge in [0.1, 0.15) is 16.4 Å². The number of benzene rings is 2. The molecule has 3 heterocycles. The number of hydrogen-bond donors (Lipinski definition) is 0. The lowest BCUT2D eigenvalue weighted by atomic mass is 10.2. The molecule has 9 heteroatoms. The Bertz CT molecular complexity index is 1470. The summed E-state index contributed by atoms with van der Waals surface area (Å²) in [6.07, 6.45) is 4.95. The van der Waals surface area contributed by atoms with Gasteiger partial charge in [0.05, 0.1) is 11.7 Å². The van der Waals surface area contributed by atoms with Crippen molar-refractivity contribution in [1.29, 1.82) is 0 Å². The van der Waals surface area contributed by atoms with Crippen molar-refractivity contribution < 1.29 is 17.9 Å². The first-order valence-corrected chi connectivity index (χ1v) is 12.7. The van der Waals surface area contributed by atoms with Gasteiger partial charge in [0, 0.05) is 49.5 Å². The van der Waals surface area contributed by atoms with Crippen molar-refractivity contribution in [2.45, 2.75) is 11.8 Å². The summed E-state index contributed by atoms with van der Waals surface area (Å²) in [6, 6.07) is 17.6. The van der Waals surface area contributed by atoms with Crippen LogP contribution in [0.4, 0.5) is 0 Å². The van der Waals surface area contributed by atoms with Crippen LogP contribution in [0, 0.1) is 6.92 Å². The number of aromatic nitrogens is 2. The zero-order valence-electron chi connectivity index (χ0n) is 19.2. The van der Waals surface area contributed by atoms with Gasteiger partial charge in [0.2, 0.25) is 10.0 Å². The minimum atomic E-state index is -3.74. The van der Waals surface area contributed by atoms with Gasteiger partial charge in [0.25, 0.3) is 5.91 Å². The van der Waals surface area contributed by atoms with Crippen molar-refractivity contribution in [3.05, 3.63) is 90.4 Å². The van der Waals surface area contributed by atoms with Crippen LogP contribution in [0.15, 0.2) is 84.1 Å². The topological polar surface area (TPSA) is 92.7 Å². The minimum Gasteiger partial charge on any atom is -0.456 e. The summed E-state index contributed by atoms with van der Waals surface area (Å²) in [6.45, 7) is 2.98. The lowest BCUT2D eigenvalue weighted by Gasteiger charge is -2.34. The number of hydrogen-bond acceptors (Lipinski definition) is 6. The van der Waals surface area contributed by atoms with E-state index in [1.54, 1.807) is 72.0 Å². The van der Waals surface area contributed by atoms with Crippen LogP contribution in [0.25, 0.3) is 10.9 Å². The molecule has 0 aliphatic carbocycles. The summed E-state index contributed by atoms with van der Waals surface area (Å²) in [7, 11) is -3.74. The third kappa shape index (κ3) is 4.73. The highest BCUT2D eigenvalue weighted by Gasteiger charge is 2.31. The number of fused-ring (bicyclic) bond motifs is 1. The quantitative estimate of drug-likeness (QED) is 0.423. The Kier molecular flexibility index (Phi) is 6.19.